The van der Waals surface area contributed by atoms with E-state index in [1.54, 1.807) is 34.5 Å². The first-order valence-corrected chi connectivity index (χ1v) is 11.9. The van der Waals surface area contributed by atoms with Gasteiger partial charge >= 0.3 is 5.69 Å². The van der Waals surface area contributed by atoms with Gasteiger partial charge in [-0.25, -0.2) is 9.18 Å². The third-order valence-corrected chi connectivity index (χ3v) is 6.36. The van der Waals surface area contributed by atoms with Gasteiger partial charge in [-0.15, -0.1) is 10.2 Å². The predicted molar refractivity (Wildman–Crippen MR) is 130 cm³/mol. The summed E-state index contributed by atoms with van der Waals surface area (Å²) in [6, 6.07) is 23.7. The Kier molecular flexibility index (Phi) is 6.44. The van der Waals surface area contributed by atoms with Gasteiger partial charge in [-0.05, 0) is 42.8 Å². The van der Waals surface area contributed by atoms with Crippen LogP contribution in [0.15, 0.2) is 88.8 Å². The number of hydrogen-bond donors (Lipinski definition) is 1. The number of rotatable bonds is 9. The Hall–Kier alpha value is -3.85. The molecule has 0 bridgehead atoms. The van der Waals surface area contributed by atoms with Gasteiger partial charge in [0.15, 0.2) is 22.5 Å². The largest absolute Gasteiger partial charge is 0.483 e. The number of fused-ring (bicyclic) bond motifs is 1. The van der Waals surface area contributed by atoms with Gasteiger partial charge in [0, 0.05) is 18.0 Å². The molecule has 0 fully saturated rings. The second-order valence-electron chi connectivity index (χ2n) is 7.59. The molecule has 0 aliphatic carbocycles. The third-order valence-electron chi connectivity index (χ3n) is 5.35. The molecule has 34 heavy (non-hydrogen) atoms. The molecular weight excluding hydrogens is 453 g/mol. The molecule has 172 valence electrons. The van der Waals surface area contributed by atoms with Gasteiger partial charge in [0.1, 0.15) is 6.61 Å². The van der Waals surface area contributed by atoms with Gasteiger partial charge in [-0.2, -0.15) is 0 Å². The van der Waals surface area contributed by atoms with Crippen molar-refractivity contribution in [2.24, 2.45) is 0 Å². The molecule has 0 atom stereocenters. The summed E-state index contributed by atoms with van der Waals surface area (Å²) in [5.41, 5.74) is 2.53. The molecule has 0 unspecified atom stereocenters. The van der Waals surface area contributed by atoms with Gasteiger partial charge in [0.2, 0.25) is 0 Å². The molecule has 0 amide bonds. The van der Waals surface area contributed by atoms with Gasteiger partial charge in [0.25, 0.3) is 0 Å². The van der Waals surface area contributed by atoms with E-state index in [2.05, 4.69) is 15.2 Å². The first-order valence-electron chi connectivity index (χ1n) is 10.9. The topological polar surface area (TPSA) is 77.7 Å². The highest BCUT2D eigenvalue weighted by Gasteiger charge is 2.16. The fourth-order valence-corrected chi connectivity index (χ4v) is 4.64. The van der Waals surface area contributed by atoms with E-state index in [4.69, 9.17) is 4.74 Å². The Morgan fingerprint density at radius 2 is 1.71 bits per heavy atom. The number of para-hydroxylation sites is 4. The van der Waals surface area contributed by atoms with E-state index < -0.39 is 5.82 Å². The number of aromatic amines is 1. The summed E-state index contributed by atoms with van der Waals surface area (Å²) >= 11 is 1.55. The molecular formula is C25H22FN5O2S. The lowest BCUT2D eigenvalue weighted by molar-refractivity contribution is 0.278. The lowest BCUT2D eigenvalue weighted by Gasteiger charge is -2.11. The molecule has 5 aromatic rings. The highest BCUT2D eigenvalue weighted by molar-refractivity contribution is 7.99. The highest BCUT2D eigenvalue weighted by atomic mass is 32.2. The molecule has 7 nitrogen and oxygen atoms in total. The minimum atomic E-state index is -0.421. The molecule has 0 spiro atoms. The summed E-state index contributed by atoms with van der Waals surface area (Å²) < 4.78 is 23.3. The average Bonchev–Trinajstić information content (AvgIpc) is 3.41. The molecule has 9 heteroatoms. The zero-order chi connectivity index (χ0) is 23.3. The summed E-state index contributed by atoms with van der Waals surface area (Å²) in [6.45, 7) is 0.673. The van der Waals surface area contributed by atoms with Gasteiger partial charge in [-0.1, -0.05) is 54.2 Å². The quantitative estimate of drug-likeness (QED) is 0.245. The molecule has 0 aliphatic heterocycles. The van der Waals surface area contributed by atoms with Crippen LogP contribution in [0, 0.1) is 5.82 Å². The van der Waals surface area contributed by atoms with Crippen molar-refractivity contribution in [3.8, 4) is 11.4 Å². The zero-order valence-electron chi connectivity index (χ0n) is 18.2. The van der Waals surface area contributed by atoms with Crippen molar-refractivity contribution in [1.82, 2.24) is 24.3 Å². The minimum Gasteiger partial charge on any atom is -0.483 e. The van der Waals surface area contributed by atoms with Crippen LogP contribution in [0.2, 0.25) is 0 Å². The van der Waals surface area contributed by atoms with E-state index in [1.807, 2.05) is 59.2 Å². The lowest BCUT2D eigenvalue weighted by Crippen LogP contribution is -2.17. The number of halogens is 1. The van der Waals surface area contributed by atoms with Crippen LogP contribution in [-0.2, 0) is 13.2 Å². The standard InChI is InChI=1S/C25H22FN5O2S/c26-19-11-4-7-14-22(19)33-17-23-28-29-25(31(23)18-9-2-1-3-10-18)34-16-8-15-30-21-13-6-5-12-20(21)27-24(30)32/h1-7,9-14H,8,15-17H2,(H,27,32). The maximum atomic E-state index is 14.0. The van der Waals surface area contributed by atoms with Gasteiger partial charge < -0.3 is 9.72 Å². The van der Waals surface area contributed by atoms with E-state index in [0.29, 0.717) is 17.5 Å². The number of nitrogens with zero attached hydrogens (tertiary/aromatic N) is 4. The molecule has 0 saturated heterocycles. The van der Waals surface area contributed by atoms with E-state index in [9.17, 15) is 9.18 Å². The number of imidazole rings is 1. The molecule has 3 aromatic carbocycles. The molecule has 2 heterocycles. The number of aryl methyl sites for hydroxylation is 1. The predicted octanol–water partition coefficient (Wildman–Crippen LogP) is 4.81. The molecule has 0 aliphatic rings. The average molecular weight is 476 g/mol. The zero-order valence-corrected chi connectivity index (χ0v) is 19.0. The van der Waals surface area contributed by atoms with Crippen LogP contribution in [0.4, 0.5) is 4.39 Å². The van der Waals surface area contributed by atoms with Crippen molar-refractivity contribution >= 4 is 22.8 Å². The van der Waals surface area contributed by atoms with Crippen LogP contribution in [0.5, 0.6) is 5.75 Å². The minimum absolute atomic E-state index is 0.0775. The van der Waals surface area contributed by atoms with Crippen molar-refractivity contribution in [1.29, 1.82) is 0 Å². The Labute approximate surface area is 199 Å². The Morgan fingerprint density at radius 3 is 2.56 bits per heavy atom. The fraction of sp³-hybridized carbons (Fsp3) is 0.160. The summed E-state index contributed by atoms with van der Waals surface area (Å²) in [5, 5.41) is 9.37. The third kappa shape index (κ3) is 4.60. The lowest BCUT2D eigenvalue weighted by atomic mass is 10.3. The molecule has 2 aromatic heterocycles. The Balaban J connectivity index is 1.30. The number of hydrogen-bond acceptors (Lipinski definition) is 5. The maximum Gasteiger partial charge on any atom is 0.326 e. The number of aromatic nitrogens is 5. The van der Waals surface area contributed by atoms with Crippen LogP contribution in [0.25, 0.3) is 16.7 Å². The SMILES string of the molecule is O=c1[nH]c2ccccc2n1CCCSc1nnc(COc2ccccc2F)n1-c1ccccc1. The number of H-pyrrole nitrogens is 1. The van der Waals surface area contributed by atoms with Gasteiger partial charge in [0.05, 0.1) is 11.0 Å². The molecule has 0 radical (unpaired) electrons. The second kappa shape index (κ2) is 9.96. The Morgan fingerprint density at radius 1 is 0.941 bits per heavy atom. The summed E-state index contributed by atoms with van der Waals surface area (Å²) in [6.07, 6.45) is 0.773. The van der Waals surface area contributed by atoms with Crippen LogP contribution in [0.1, 0.15) is 12.2 Å². The van der Waals surface area contributed by atoms with Crippen molar-refractivity contribution in [3.63, 3.8) is 0 Å². The van der Waals surface area contributed by atoms with Crippen molar-refractivity contribution in [3.05, 3.63) is 101 Å². The van der Waals surface area contributed by atoms with E-state index in [0.717, 1.165) is 28.9 Å². The monoisotopic (exact) mass is 475 g/mol. The van der Waals surface area contributed by atoms with Crippen molar-refractivity contribution in [2.45, 2.75) is 24.7 Å². The van der Waals surface area contributed by atoms with E-state index in [1.165, 1.54) is 6.07 Å². The van der Waals surface area contributed by atoms with Crippen LogP contribution >= 0.6 is 11.8 Å². The summed E-state index contributed by atoms with van der Waals surface area (Å²) in [5.74, 6) is 1.06. The number of ether oxygens (including phenoxy) is 1. The maximum absolute atomic E-state index is 14.0. The fourth-order valence-electron chi connectivity index (χ4n) is 3.74. The summed E-state index contributed by atoms with van der Waals surface area (Å²) in [7, 11) is 0. The van der Waals surface area contributed by atoms with E-state index in [-0.39, 0.29) is 18.0 Å². The number of benzene rings is 3. The molecule has 1 N–H and O–H groups in total. The number of nitrogens with one attached hydrogen (secondary N) is 1. The Bertz CT molecular complexity index is 1460. The highest BCUT2D eigenvalue weighted by Crippen LogP contribution is 2.24. The van der Waals surface area contributed by atoms with E-state index >= 15 is 0 Å². The normalized spacial score (nSPS) is 11.2. The van der Waals surface area contributed by atoms with Gasteiger partial charge in [-0.3, -0.25) is 9.13 Å². The first kappa shape index (κ1) is 22.0. The summed E-state index contributed by atoms with van der Waals surface area (Å²) in [4.78, 5) is 15.2. The number of thioether (sulfide) groups is 1. The molecule has 0 saturated carbocycles. The van der Waals surface area contributed by atoms with Crippen LogP contribution < -0.4 is 10.4 Å². The smallest absolute Gasteiger partial charge is 0.326 e. The van der Waals surface area contributed by atoms with Crippen molar-refractivity contribution < 1.29 is 9.13 Å². The van der Waals surface area contributed by atoms with Crippen LogP contribution in [0.3, 0.4) is 0 Å². The molecule has 5 rings (SSSR count). The second-order valence-corrected chi connectivity index (χ2v) is 8.65. The first-order chi connectivity index (χ1) is 16.7. The van der Waals surface area contributed by atoms with Crippen LogP contribution in [-0.4, -0.2) is 30.1 Å². The van der Waals surface area contributed by atoms with Crippen molar-refractivity contribution in [2.75, 3.05) is 5.75 Å².